The molecule has 0 aromatic carbocycles. The molecule has 2 N–H and O–H groups in total. The number of fused-ring (bicyclic) bond motifs is 1. The first-order valence-electron chi connectivity index (χ1n) is 5.35. The molecule has 0 unspecified atom stereocenters. The number of pyridine rings is 1. The molecule has 2 aromatic rings. The number of nitrogens with zero attached hydrogens (tertiary/aromatic N) is 3. The van der Waals surface area contributed by atoms with Gasteiger partial charge in [-0.05, 0) is 24.4 Å². The van der Waals surface area contributed by atoms with Crippen LogP contribution >= 0.6 is 12.2 Å². The number of allylic oxidation sites excluding steroid dienone is 1. The quantitative estimate of drug-likeness (QED) is 0.772. The predicted octanol–water partition coefficient (Wildman–Crippen LogP) is 2.44. The van der Waals surface area contributed by atoms with E-state index in [9.17, 15) is 5.11 Å². The summed E-state index contributed by atoms with van der Waals surface area (Å²) in [6.45, 7) is 0. The Bertz CT molecular complexity index is 739. The lowest BCUT2D eigenvalue weighted by atomic mass is 10.1. The lowest BCUT2D eigenvalue weighted by Crippen LogP contribution is -1.85. The molecule has 2 aromatic heterocycles. The van der Waals surface area contributed by atoms with Crippen molar-refractivity contribution < 1.29 is 5.11 Å². The SMILES string of the molecule is Cn1c(O)c(/C=C2\C=Nc3ccncc32)[nH]c1=S. The highest BCUT2D eigenvalue weighted by Gasteiger charge is 2.13. The summed E-state index contributed by atoms with van der Waals surface area (Å²) in [5, 5.41) is 9.89. The van der Waals surface area contributed by atoms with Crippen molar-refractivity contribution in [3.05, 3.63) is 34.5 Å². The minimum Gasteiger partial charge on any atom is -0.493 e. The monoisotopic (exact) mass is 258 g/mol. The van der Waals surface area contributed by atoms with Gasteiger partial charge in [0.05, 0.1) is 5.69 Å². The fourth-order valence-corrected chi connectivity index (χ4v) is 2.03. The standard InChI is InChI=1S/C12H10N4OS/c1-16-11(17)10(15-12(16)18)4-7-5-14-9-2-3-13-6-8(7)9/h2-6,17H,1H3,(H,15,18)/b7-4+. The van der Waals surface area contributed by atoms with Crippen molar-refractivity contribution in [3.63, 3.8) is 0 Å². The van der Waals surface area contributed by atoms with Crippen LogP contribution in [0.4, 0.5) is 5.69 Å². The molecule has 0 spiro atoms. The largest absolute Gasteiger partial charge is 0.493 e. The lowest BCUT2D eigenvalue weighted by molar-refractivity contribution is 0.430. The van der Waals surface area contributed by atoms with E-state index in [0.29, 0.717) is 10.5 Å². The van der Waals surface area contributed by atoms with Crippen LogP contribution in [-0.4, -0.2) is 25.9 Å². The van der Waals surface area contributed by atoms with Crippen LogP contribution in [0.5, 0.6) is 5.88 Å². The molecule has 1 aliphatic rings. The van der Waals surface area contributed by atoms with Crippen molar-refractivity contribution in [1.29, 1.82) is 0 Å². The Kier molecular flexibility index (Phi) is 2.38. The minimum absolute atomic E-state index is 0.109. The van der Waals surface area contributed by atoms with Crippen molar-refractivity contribution in [3.8, 4) is 5.88 Å². The maximum absolute atomic E-state index is 9.89. The molecule has 0 amide bonds. The number of aliphatic imine (C=N–C) groups is 1. The number of hydrogen-bond acceptors (Lipinski definition) is 4. The van der Waals surface area contributed by atoms with Gasteiger partial charge >= 0.3 is 0 Å². The molecule has 0 saturated heterocycles. The van der Waals surface area contributed by atoms with E-state index in [2.05, 4.69) is 15.0 Å². The number of aromatic amines is 1. The van der Waals surface area contributed by atoms with Crippen molar-refractivity contribution in [1.82, 2.24) is 14.5 Å². The first-order chi connectivity index (χ1) is 8.66. The number of aromatic nitrogens is 3. The van der Waals surface area contributed by atoms with E-state index >= 15 is 0 Å². The molecule has 1 aliphatic heterocycles. The van der Waals surface area contributed by atoms with Crippen molar-refractivity contribution in [2.75, 3.05) is 0 Å². The fraction of sp³-hybridized carbons (Fsp3) is 0.0833. The molecular weight excluding hydrogens is 248 g/mol. The smallest absolute Gasteiger partial charge is 0.217 e. The highest BCUT2D eigenvalue weighted by Crippen LogP contribution is 2.32. The third-order valence-corrected chi connectivity index (χ3v) is 3.23. The summed E-state index contributed by atoms with van der Waals surface area (Å²) in [7, 11) is 1.70. The van der Waals surface area contributed by atoms with Gasteiger partial charge < -0.3 is 10.1 Å². The van der Waals surface area contributed by atoms with Gasteiger partial charge in [0, 0.05) is 36.8 Å². The normalized spacial score (nSPS) is 15.3. The number of aromatic hydroxyl groups is 1. The number of rotatable bonds is 1. The van der Waals surface area contributed by atoms with E-state index in [1.807, 2.05) is 12.1 Å². The molecule has 18 heavy (non-hydrogen) atoms. The van der Waals surface area contributed by atoms with Crippen LogP contribution in [0.3, 0.4) is 0 Å². The Morgan fingerprint density at radius 2 is 2.33 bits per heavy atom. The van der Waals surface area contributed by atoms with Crippen molar-refractivity contribution >= 4 is 35.8 Å². The van der Waals surface area contributed by atoms with E-state index in [1.54, 1.807) is 25.7 Å². The molecule has 6 heteroatoms. The molecule has 0 atom stereocenters. The van der Waals surface area contributed by atoms with Gasteiger partial charge in [-0.15, -0.1) is 0 Å². The number of hydrogen-bond donors (Lipinski definition) is 2. The Balaban J connectivity index is 2.12. The minimum atomic E-state index is 0.109. The Morgan fingerprint density at radius 1 is 1.50 bits per heavy atom. The summed E-state index contributed by atoms with van der Waals surface area (Å²) < 4.78 is 1.98. The van der Waals surface area contributed by atoms with Crippen molar-refractivity contribution in [2.45, 2.75) is 0 Å². The van der Waals surface area contributed by atoms with Crippen molar-refractivity contribution in [2.24, 2.45) is 12.0 Å². The average molecular weight is 258 g/mol. The molecule has 3 heterocycles. The molecular formula is C12H10N4OS. The van der Waals surface area contributed by atoms with Gasteiger partial charge in [-0.25, -0.2) is 0 Å². The van der Waals surface area contributed by atoms with Gasteiger partial charge in [0.15, 0.2) is 4.77 Å². The molecule has 0 bridgehead atoms. The first kappa shape index (κ1) is 10.9. The Labute approximate surface area is 108 Å². The van der Waals surface area contributed by atoms with E-state index in [4.69, 9.17) is 12.2 Å². The highest BCUT2D eigenvalue weighted by molar-refractivity contribution is 7.71. The second-order valence-electron chi connectivity index (χ2n) is 3.98. The summed E-state index contributed by atoms with van der Waals surface area (Å²) >= 11 is 5.05. The maximum atomic E-state index is 9.89. The summed E-state index contributed by atoms with van der Waals surface area (Å²) in [6, 6.07) is 1.85. The topological polar surface area (TPSA) is 66.2 Å². The van der Waals surface area contributed by atoms with Gasteiger partial charge in [0.2, 0.25) is 5.88 Å². The molecule has 0 radical (unpaired) electrons. The van der Waals surface area contributed by atoms with Crippen LogP contribution in [0, 0.1) is 4.77 Å². The highest BCUT2D eigenvalue weighted by atomic mass is 32.1. The second kappa shape index (κ2) is 3.92. The summed E-state index contributed by atoms with van der Waals surface area (Å²) in [4.78, 5) is 11.3. The molecule has 5 nitrogen and oxygen atoms in total. The second-order valence-corrected chi connectivity index (χ2v) is 4.36. The summed E-state index contributed by atoms with van der Waals surface area (Å²) in [5.41, 5.74) is 3.29. The van der Waals surface area contributed by atoms with Crippen LogP contribution in [0.15, 0.2) is 23.5 Å². The van der Waals surface area contributed by atoms with Gasteiger partial charge in [0.25, 0.3) is 0 Å². The van der Waals surface area contributed by atoms with Crippen LogP contribution in [0.1, 0.15) is 11.3 Å². The van der Waals surface area contributed by atoms with Crippen LogP contribution in [-0.2, 0) is 7.05 Å². The van der Waals surface area contributed by atoms with E-state index < -0.39 is 0 Å². The molecule has 3 rings (SSSR count). The van der Waals surface area contributed by atoms with Gasteiger partial charge in [-0.3, -0.25) is 14.5 Å². The Morgan fingerprint density at radius 3 is 3.06 bits per heavy atom. The fourth-order valence-electron chi connectivity index (χ4n) is 1.83. The zero-order valence-corrected chi connectivity index (χ0v) is 10.4. The van der Waals surface area contributed by atoms with Crippen LogP contribution in [0.2, 0.25) is 0 Å². The van der Waals surface area contributed by atoms with E-state index in [-0.39, 0.29) is 5.88 Å². The summed E-state index contributed by atoms with van der Waals surface area (Å²) in [5.74, 6) is 0.109. The van der Waals surface area contributed by atoms with E-state index in [1.165, 1.54) is 4.57 Å². The number of nitrogens with one attached hydrogen (secondary N) is 1. The lowest BCUT2D eigenvalue weighted by Gasteiger charge is -1.98. The molecule has 90 valence electrons. The zero-order chi connectivity index (χ0) is 12.7. The molecule has 0 aliphatic carbocycles. The van der Waals surface area contributed by atoms with Gasteiger partial charge in [-0.2, -0.15) is 0 Å². The first-order valence-corrected chi connectivity index (χ1v) is 5.76. The average Bonchev–Trinajstić information content (AvgIpc) is 2.89. The number of H-pyrrole nitrogens is 1. The van der Waals surface area contributed by atoms with E-state index in [0.717, 1.165) is 16.8 Å². The van der Waals surface area contributed by atoms with Crippen LogP contribution < -0.4 is 0 Å². The van der Waals surface area contributed by atoms with Gasteiger partial charge in [0.1, 0.15) is 5.69 Å². The zero-order valence-electron chi connectivity index (χ0n) is 9.58. The summed E-state index contributed by atoms with van der Waals surface area (Å²) in [6.07, 6.45) is 7.01. The van der Waals surface area contributed by atoms with Gasteiger partial charge in [-0.1, -0.05) is 0 Å². The predicted molar refractivity (Wildman–Crippen MR) is 72.5 cm³/mol. The van der Waals surface area contributed by atoms with Crippen LogP contribution in [0.25, 0.3) is 11.6 Å². The number of imidazole rings is 1. The third kappa shape index (κ3) is 1.58. The maximum Gasteiger partial charge on any atom is 0.217 e. The molecule has 0 saturated carbocycles. The molecule has 0 fully saturated rings. The Hall–Kier alpha value is -2.21. The third-order valence-electron chi connectivity index (χ3n) is 2.86.